The van der Waals surface area contributed by atoms with Crippen molar-refractivity contribution in [2.45, 2.75) is 44.6 Å². The summed E-state index contributed by atoms with van der Waals surface area (Å²) in [6, 6.07) is 12.3. The van der Waals surface area contributed by atoms with Crippen molar-refractivity contribution in [1.82, 2.24) is 0 Å². The molecule has 0 saturated heterocycles. The summed E-state index contributed by atoms with van der Waals surface area (Å²) in [7, 11) is 0. The fourth-order valence-corrected chi connectivity index (χ4v) is 3.40. The molecule has 3 rings (SSSR count). The van der Waals surface area contributed by atoms with Crippen molar-refractivity contribution in [2.75, 3.05) is 0 Å². The van der Waals surface area contributed by atoms with E-state index in [9.17, 15) is 14.5 Å². The molecule has 1 fully saturated rings. The third kappa shape index (κ3) is 4.91. The highest BCUT2D eigenvalue weighted by atomic mass is 19.1. The molecule has 0 spiro atoms. The van der Waals surface area contributed by atoms with Crippen LogP contribution in [-0.4, -0.2) is 4.92 Å². The number of nitro groups is 1. The zero-order valence-corrected chi connectivity index (χ0v) is 14.6. The van der Waals surface area contributed by atoms with Crippen molar-refractivity contribution in [3.05, 3.63) is 81.3 Å². The Morgan fingerprint density at radius 2 is 1.85 bits per heavy atom. The van der Waals surface area contributed by atoms with Gasteiger partial charge < -0.3 is 4.74 Å². The first-order chi connectivity index (χ1) is 12.6. The van der Waals surface area contributed by atoms with Crippen molar-refractivity contribution in [2.24, 2.45) is 0 Å². The Kier molecular flexibility index (Phi) is 6.00. The Labute approximate surface area is 152 Å². The first kappa shape index (κ1) is 18.1. The molecule has 26 heavy (non-hydrogen) atoms. The van der Waals surface area contributed by atoms with Gasteiger partial charge >= 0.3 is 0 Å². The predicted octanol–water partition coefficient (Wildman–Crippen LogP) is 5.70. The van der Waals surface area contributed by atoms with Crippen LogP contribution < -0.4 is 4.74 Å². The third-order valence-electron chi connectivity index (χ3n) is 4.80. The van der Waals surface area contributed by atoms with E-state index in [0.29, 0.717) is 17.2 Å². The Balaban J connectivity index is 1.66. The molecule has 0 heterocycles. The van der Waals surface area contributed by atoms with Gasteiger partial charge in [0.25, 0.3) is 0 Å². The van der Waals surface area contributed by atoms with Gasteiger partial charge in [0.05, 0.1) is 4.92 Å². The Morgan fingerprint density at radius 3 is 2.54 bits per heavy atom. The second-order valence-corrected chi connectivity index (χ2v) is 6.65. The van der Waals surface area contributed by atoms with Crippen LogP contribution in [0.4, 0.5) is 4.39 Å². The van der Waals surface area contributed by atoms with Gasteiger partial charge in [0.1, 0.15) is 18.2 Å². The summed E-state index contributed by atoms with van der Waals surface area (Å²) in [5.74, 6) is 0.506. The number of nitrogens with zero attached hydrogens (tertiary/aromatic N) is 1. The predicted molar refractivity (Wildman–Crippen MR) is 99.0 cm³/mol. The zero-order chi connectivity index (χ0) is 18.4. The third-order valence-corrected chi connectivity index (χ3v) is 4.80. The minimum Gasteiger partial charge on any atom is -0.488 e. The van der Waals surface area contributed by atoms with Gasteiger partial charge in [-0.2, -0.15) is 0 Å². The fraction of sp³-hybridized carbons (Fsp3) is 0.333. The van der Waals surface area contributed by atoms with Gasteiger partial charge in [-0.05, 0) is 42.0 Å². The number of hydrogen-bond donors (Lipinski definition) is 0. The molecule has 5 heteroatoms. The fourth-order valence-electron chi connectivity index (χ4n) is 3.40. The minimum absolute atomic E-state index is 0.285. The molecule has 0 bridgehead atoms. The van der Waals surface area contributed by atoms with Gasteiger partial charge in [0.15, 0.2) is 0 Å². The van der Waals surface area contributed by atoms with Crippen LogP contribution in [0.3, 0.4) is 0 Å². The van der Waals surface area contributed by atoms with Crippen molar-refractivity contribution < 1.29 is 14.1 Å². The van der Waals surface area contributed by atoms with Gasteiger partial charge in [0.2, 0.25) is 6.20 Å². The first-order valence-corrected chi connectivity index (χ1v) is 8.95. The normalized spacial score (nSPS) is 15.3. The van der Waals surface area contributed by atoms with Crippen molar-refractivity contribution >= 4 is 6.08 Å². The van der Waals surface area contributed by atoms with E-state index in [1.165, 1.54) is 61.9 Å². The molecule has 0 amide bonds. The lowest BCUT2D eigenvalue weighted by Crippen LogP contribution is -2.05. The SMILES string of the molecule is O=[N+]([O-])/C=C/c1ccc(F)cc1OCc1ccc(C2CCCCC2)cc1. The molecule has 1 saturated carbocycles. The maximum Gasteiger partial charge on any atom is 0.235 e. The molecular weight excluding hydrogens is 333 g/mol. The minimum atomic E-state index is -0.558. The number of rotatable bonds is 6. The van der Waals surface area contributed by atoms with Crippen LogP contribution >= 0.6 is 0 Å². The van der Waals surface area contributed by atoms with Crippen LogP contribution in [0, 0.1) is 15.9 Å². The van der Waals surface area contributed by atoms with Gasteiger partial charge in [-0.1, -0.05) is 43.5 Å². The highest BCUT2D eigenvalue weighted by molar-refractivity contribution is 5.56. The van der Waals surface area contributed by atoms with Gasteiger partial charge in [-0.25, -0.2) is 4.39 Å². The van der Waals surface area contributed by atoms with Crippen molar-refractivity contribution in [1.29, 1.82) is 0 Å². The van der Waals surface area contributed by atoms with Crippen LogP contribution in [0.25, 0.3) is 6.08 Å². The summed E-state index contributed by atoms with van der Waals surface area (Å²) in [6.45, 7) is 0.285. The maximum atomic E-state index is 13.5. The molecule has 136 valence electrons. The standard InChI is InChI=1S/C21H22FNO3/c22-20-11-10-19(12-13-23(24)25)21(14-20)26-15-16-6-8-18(9-7-16)17-4-2-1-3-5-17/h6-14,17H,1-5,15H2/b13-12+. The summed E-state index contributed by atoms with van der Waals surface area (Å²) in [5.41, 5.74) is 2.83. The molecule has 0 aliphatic heterocycles. The molecule has 0 atom stereocenters. The molecule has 4 nitrogen and oxygen atoms in total. The average Bonchev–Trinajstić information content (AvgIpc) is 2.66. The largest absolute Gasteiger partial charge is 0.488 e. The van der Waals surface area contributed by atoms with Gasteiger partial charge in [-0.3, -0.25) is 10.1 Å². The molecule has 0 radical (unpaired) electrons. The molecule has 1 aliphatic rings. The van der Waals surface area contributed by atoms with E-state index < -0.39 is 10.7 Å². The quantitative estimate of drug-likeness (QED) is 0.493. The summed E-state index contributed by atoms with van der Waals surface area (Å²) in [5, 5.41) is 10.5. The molecule has 0 N–H and O–H groups in total. The second kappa shape index (κ2) is 8.61. The summed E-state index contributed by atoms with van der Waals surface area (Å²) in [6.07, 6.45) is 8.57. The van der Waals surface area contributed by atoms with E-state index in [-0.39, 0.29) is 6.61 Å². The lowest BCUT2D eigenvalue weighted by atomic mass is 9.84. The van der Waals surface area contributed by atoms with E-state index in [4.69, 9.17) is 4.74 Å². The maximum absolute atomic E-state index is 13.5. The van der Waals surface area contributed by atoms with Crippen molar-refractivity contribution in [3.63, 3.8) is 0 Å². The number of ether oxygens (including phenoxy) is 1. The van der Waals surface area contributed by atoms with E-state index in [1.807, 2.05) is 12.1 Å². The topological polar surface area (TPSA) is 52.4 Å². The Hall–Kier alpha value is -2.69. The Bertz CT molecular complexity index is 780. The summed E-state index contributed by atoms with van der Waals surface area (Å²) >= 11 is 0. The number of benzene rings is 2. The molecule has 2 aromatic carbocycles. The van der Waals surface area contributed by atoms with Crippen LogP contribution in [0.5, 0.6) is 5.75 Å². The first-order valence-electron chi connectivity index (χ1n) is 8.95. The molecular formula is C21H22FNO3. The smallest absolute Gasteiger partial charge is 0.235 e. The van der Waals surface area contributed by atoms with Gasteiger partial charge in [-0.15, -0.1) is 0 Å². The van der Waals surface area contributed by atoms with Crippen LogP contribution in [0.2, 0.25) is 0 Å². The van der Waals surface area contributed by atoms with E-state index in [2.05, 4.69) is 12.1 Å². The van der Waals surface area contributed by atoms with E-state index >= 15 is 0 Å². The van der Waals surface area contributed by atoms with Crippen LogP contribution in [0.15, 0.2) is 48.7 Å². The number of halogens is 1. The summed E-state index contributed by atoms with van der Waals surface area (Å²) in [4.78, 5) is 9.94. The van der Waals surface area contributed by atoms with Crippen LogP contribution in [-0.2, 0) is 6.61 Å². The zero-order valence-electron chi connectivity index (χ0n) is 14.6. The van der Waals surface area contributed by atoms with Crippen molar-refractivity contribution in [3.8, 4) is 5.75 Å². The molecule has 2 aromatic rings. The molecule has 0 unspecified atom stereocenters. The molecule has 1 aliphatic carbocycles. The van der Waals surface area contributed by atoms with E-state index in [0.717, 1.165) is 11.8 Å². The average molecular weight is 355 g/mol. The summed E-state index contributed by atoms with van der Waals surface area (Å²) < 4.78 is 19.2. The Morgan fingerprint density at radius 1 is 1.12 bits per heavy atom. The number of hydrogen-bond acceptors (Lipinski definition) is 3. The highest BCUT2D eigenvalue weighted by Gasteiger charge is 2.15. The lowest BCUT2D eigenvalue weighted by Gasteiger charge is -2.22. The second-order valence-electron chi connectivity index (χ2n) is 6.65. The van der Waals surface area contributed by atoms with Crippen LogP contribution in [0.1, 0.15) is 54.7 Å². The van der Waals surface area contributed by atoms with Gasteiger partial charge in [0, 0.05) is 17.7 Å². The monoisotopic (exact) mass is 355 g/mol. The highest BCUT2D eigenvalue weighted by Crippen LogP contribution is 2.32. The lowest BCUT2D eigenvalue weighted by molar-refractivity contribution is -0.400. The molecule has 0 aromatic heterocycles. The van der Waals surface area contributed by atoms with E-state index in [1.54, 1.807) is 0 Å².